The molecule has 41 heavy (non-hydrogen) atoms. The van der Waals surface area contributed by atoms with Crippen molar-refractivity contribution in [2.24, 2.45) is 4.99 Å². The number of nitrogens with zero attached hydrogens (tertiary/aromatic N) is 3. The van der Waals surface area contributed by atoms with E-state index in [-0.39, 0.29) is 30.2 Å². The molecule has 0 spiro atoms. The first kappa shape index (κ1) is 31.6. The van der Waals surface area contributed by atoms with Crippen LogP contribution in [0.1, 0.15) is 42.3 Å². The Kier molecular flexibility index (Phi) is 10.2. The highest BCUT2D eigenvalue weighted by Crippen LogP contribution is 2.31. The smallest absolute Gasteiger partial charge is 0.338 e. The number of anilines is 1. The molecule has 0 aromatic heterocycles. The highest BCUT2D eigenvalue weighted by atomic mass is 19.1. The van der Waals surface area contributed by atoms with Gasteiger partial charge in [0.2, 0.25) is 0 Å². The van der Waals surface area contributed by atoms with Gasteiger partial charge in [0, 0.05) is 31.3 Å². The summed E-state index contributed by atoms with van der Waals surface area (Å²) in [6.45, 7) is 8.14. The van der Waals surface area contributed by atoms with Crippen molar-refractivity contribution in [1.82, 2.24) is 20.9 Å². The monoisotopic (exact) mass is 574 g/mol. The van der Waals surface area contributed by atoms with E-state index in [1.165, 1.54) is 19.2 Å². The molecule has 0 atom stereocenters. The Morgan fingerprint density at radius 3 is 2.39 bits per heavy atom. The molecule has 0 radical (unpaired) electrons. The van der Waals surface area contributed by atoms with Crippen molar-refractivity contribution in [3.8, 4) is 0 Å². The zero-order valence-electron chi connectivity index (χ0n) is 24.4. The highest BCUT2D eigenvalue weighted by Gasteiger charge is 2.35. The fourth-order valence-corrected chi connectivity index (χ4v) is 4.20. The van der Waals surface area contributed by atoms with E-state index in [1.807, 2.05) is 19.0 Å². The van der Waals surface area contributed by atoms with E-state index < -0.39 is 40.7 Å². The third-order valence-corrected chi connectivity index (χ3v) is 6.15. The maximum Gasteiger partial charge on any atom is 0.338 e. The fourth-order valence-electron chi connectivity index (χ4n) is 4.20. The van der Waals surface area contributed by atoms with Crippen molar-refractivity contribution in [2.45, 2.75) is 33.3 Å². The van der Waals surface area contributed by atoms with Crippen molar-refractivity contribution >= 4 is 29.2 Å². The number of nitrogens with one attached hydrogen (secondary N) is 3. The second kappa shape index (κ2) is 13.2. The van der Waals surface area contributed by atoms with Gasteiger partial charge in [-0.05, 0) is 71.6 Å². The van der Waals surface area contributed by atoms with Crippen LogP contribution in [0.3, 0.4) is 0 Å². The van der Waals surface area contributed by atoms with Gasteiger partial charge in [-0.25, -0.2) is 27.7 Å². The van der Waals surface area contributed by atoms with Gasteiger partial charge < -0.3 is 20.3 Å². The van der Waals surface area contributed by atoms with Crippen LogP contribution in [0.15, 0.2) is 40.9 Å². The number of rotatable bonds is 9. The number of ether oxygens (including phenoxy) is 1. The predicted molar refractivity (Wildman–Crippen MR) is 153 cm³/mol. The van der Waals surface area contributed by atoms with Crippen molar-refractivity contribution in [3.05, 3.63) is 70.0 Å². The number of carbonyl (C=O) groups is 2. The number of amides is 2. The Bertz CT molecular complexity index is 1350. The number of hydrogen-bond acceptors (Lipinski definition) is 7. The van der Waals surface area contributed by atoms with Crippen LogP contribution in [-0.4, -0.2) is 75.8 Å². The molecule has 1 aliphatic heterocycles. The predicted octanol–water partition coefficient (Wildman–Crippen LogP) is 4.04. The summed E-state index contributed by atoms with van der Waals surface area (Å²) in [4.78, 5) is 32.9. The Hall–Kier alpha value is -3.90. The van der Waals surface area contributed by atoms with Gasteiger partial charge in [0.15, 0.2) is 0 Å². The SMILES string of the molecule is CN=C1C(=C(NCNCCN(C)C)c2cc(C(=O)OC(C)(C)C)cc(F)c2C)CNC(=O)N1c1c(F)cccc1F. The lowest BCUT2D eigenvalue weighted by molar-refractivity contribution is 0.00688. The molecule has 0 saturated carbocycles. The Morgan fingerprint density at radius 2 is 1.80 bits per heavy atom. The minimum Gasteiger partial charge on any atom is -0.456 e. The van der Waals surface area contributed by atoms with Crippen LogP contribution in [0.25, 0.3) is 5.70 Å². The number of benzene rings is 2. The average molecular weight is 575 g/mol. The lowest BCUT2D eigenvalue weighted by Gasteiger charge is -2.33. The number of urea groups is 1. The van der Waals surface area contributed by atoms with Crippen molar-refractivity contribution < 1.29 is 27.5 Å². The van der Waals surface area contributed by atoms with E-state index in [4.69, 9.17) is 4.74 Å². The first-order valence-electron chi connectivity index (χ1n) is 13.1. The summed E-state index contributed by atoms with van der Waals surface area (Å²) in [6.07, 6.45) is 0. The summed E-state index contributed by atoms with van der Waals surface area (Å²) in [5.41, 5.74) is -0.297. The number of hydrogen-bond donors (Lipinski definition) is 3. The van der Waals surface area contributed by atoms with E-state index in [1.54, 1.807) is 27.7 Å². The number of halogens is 3. The first-order valence-corrected chi connectivity index (χ1v) is 13.1. The third-order valence-electron chi connectivity index (χ3n) is 6.15. The highest BCUT2D eigenvalue weighted by molar-refractivity contribution is 6.27. The number of aliphatic imine (C=N–C) groups is 1. The molecule has 1 heterocycles. The van der Waals surface area contributed by atoms with Crippen LogP contribution in [0.5, 0.6) is 0 Å². The molecular formula is C29H37F3N6O3. The molecule has 12 heteroatoms. The Morgan fingerprint density at radius 1 is 1.15 bits per heavy atom. The number of likely N-dealkylation sites (N-methyl/N-ethyl adjacent to an activating group) is 1. The van der Waals surface area contributed by atoms with E-state index in [9.17, 15) is 18.4 Å². The third kappa shape index (κ3) is 7.65. The molecule has 3 N–H and O–H groups in total. The molecule has 1 aliphatic rings. The van der Waals surface area contributed by atoms with Gasteiger partial charge in [0.25, 0.3) is 0 Å². The lowest BCUT2D eigenvalue weighted by Crippen LogP contribution is -2.53. The maximum atomic E-state index is 15.3. The second-order valence-electron chi connectivity index (χ2n) is 10.8. The Balaban J connectivity index is 2.20. The van der Waals surface area contributed by atoms with Crippen LogP contribution >= 0.6 is 0 Å². The summed E-state index contributed by atoms with van der Waals surface area (Å²) in [6, 6.07) is 5.06. The van der Waals surface area contributed by atoms with Crippen LogP contribution in [0.2, 0.25) is 0 Å². The van der Waals surface area contributed by atoms with Gasteiger partial charge in [-0.3, -0.25) is 10.3 Å². The second-order valence-corrected chi connectivity index (χ2v) is 10.8. The van der Waals surface area contributed by atoms with E-state index in [0.29, 0.717) is 23.4 Å². The van der Waals surface area contributed by atoms with Crippen LogP contribution < -0.4 is 20.9 Å². The molecule has 2 aromatic carbocycles. The van der Waals surface area contributed by atoms with Crippen molar-refractivity contribution in [2.75, 3.05) is 52.3 Å². The largest absolute Gasteiger partial charge is 0.456 e. The number of para-hydroxylation sites is 1. The van der Waals surface area contributed by atoms with Crippen LogP contribution in [-0.2, 0) is 4.74 Å². The maximum absolute atomic E-state index is 15.3. The van der Waals surface area contributed by atoms with Gasteiger partial charge in [-0.15, -0.1) is 0 Å². The molecule has 1 fully saturated rings. The minimum atomic E-state index is -0.962. The molecule has 222 valence electrons. The zero-order chi connectivity index (χ0) is 30.5. The zero-order valence-corrected chi connectivity index (χ0v) is 24.4. The number of amidine groups is 1. The molecule has 0 bridgehead atoms. The molecule has 0 unspecified atom stereocenters. The molecule has 2 amide bonds. The minimum absolute atomic E-state index is 0.0228. The molecule has 1 saturated heterocycles. The van der Waals surface area contributed by atoms with Crippen LogP contribution in [0, 0.1) is 24.4 Å². The average Bonchev–Trinajstić information content (AvgIpc) is 2.87. The molecular weight excluding hydrogens is 537 g/mol. The molecule has 2 aromatic rings. The summed E-state index contributed by atoms with van der Waals surface area (Å²) in [5, 5.41) is 9.09. The van der Waals surface area contributed by atoms with Gasteiger partial charge in [-0.1, -0.05) is 6.07 Å². The van der Waals surface area contributed by atoms with E-state index in [0.717, 1.165) is 29.6 Å². The first-order chi connectivity index (χ1) is 19.2. The normalized spacial score (nSPS) is 16.2. The summed E-state index contributed by atoms with van der Waals surface area (Å²) >= 11 is 0. The molecule has 0 aliphatic carbocycles. The van der Waals surface area contributed by atoms with Crippen molar-refractivity contribution in [1.29, 1.82) is 0 Å². The van der Waals surface area contributed by atoms with Gasteiger partial charge in [0.05, 0.1) is 24.5 Å². The number of esters is 1. The summed E-state index contributed by atoms with van der Waals surface area (Å²) in [7, 11) is 5.25. The standard InChI is InChI=1S/C29H37F3N6O3/c1-17-19(13-18(14-23(17)32)27(39)41-29(2,3)4)24(36-16-34-11-12-37(6)7)20-15-35-28(40)38(26(20)33-5)25-21(30)9-8-10-22(25)31/h8-10,13-14,34,36H,11-12,15-16H2,1-7H3,(H,35,40). The van der Waals surface area contributed by atoms with Gasteiger partial charge >= 0.3 is 12.0 Å². The summed E-state index contributed by atoms with van der Waals surface area (Å²) in [5.74, 6) is -3.35. The van der Waals surface area contributed by atoms with Crippen LogP contribution in [0.4, 0.5) is 23.7 Å². The Labute approximate surface area is 238 Å². The van der Waals surface area contributed by atoms with E-state index in [2.05, 4.69) is 20.9 Å². The molecule has 3 rings (SSSR count). The van der Waals surface area contributed by atoms with Gasteiger partial charge in [0.1, 0.15) is 34.6 Å². The lowest BCUT2D eigenvalue weighted by atomic mass is 9.96. The van der Waals surface area contributed by atoms with E-state index >= 15 is 4.39 Å². The fraction of sp³-hybridized carbons (Fsp3) is 0.414. The molecule has 9 nitrogen and oxygen atoms in total. The summed E-state index contributed by atoms with van der Waals surface area (Å²) < 4.78 is 50.5. The van der Waals surface area contributed by atoms with Gasteiger partial charge in [-0.2, -0.15) is 0 Å². The van der Waals surface area contributed by atoms with Crippen molar-refractivity contribution in [3.63, 3.8) is 0 Å². The quantitative estimate of drug-likeness (QED) is 0.238. The number of carbonyl (C=O) groups excluding carboxylic acids is 2. The topological polar surface area (TPSA) is 98.3 Å².